The van der Waals surface area contributed by atoms with Gasteiger partial charge in [0.25, 0.3) is 0 Å². The Hall–Kier alpha value is -3.43. The number of cyclic esters (lactones) is 1. The summed E-state index contributed by atoms with van der Waals surface area (Å²) in [6.07, 6.45) is 1.22. The molecular formula is C16H15FN4O5. The zero-order valence-electron chi connectivity index (χ0n) is 13.7. The van der Waals surface area contributed by atoms with E-state index in [1.54, 1.807) is 0 Å². The number of nitrogens with one attached hydrogen (secondary N) is 1. The molecule has 1 aromatic heterocycles. The predicted octanol–water partition coefficient (Wildman–Crippen LogP) is 1.17. The predicted molar refractivity (Wildman–Crippen MR) is 86.8 cm³/mol. The molecule has 1 fully saturated rings. The van der Waals surface area contributed by atoms with Crippen LogP contribution in [0, 0.1) is 5.82 Å². The molecule has 0 bridgehead atoms. The van der Waals surface area contributed by atoms with Crippen LogP contribution in [0.4, 0.5) is 14.9 Å². The molecule has 26 heavy (non-hydrogen) atoms. The smallest absolute Gasteiger partial charge is 0.414 e. The number of rotatable bonds is 5. The lowest BCUT2D eigenvalue weighted by molar-refractivity contribution is -0.119. The van der Waals surface area contributed by atoms with Gasteiger partial charge in [0.15, 0.2) is 5.69 Å². The molecule has 0 radical (unpaired) electrons. The normalized spacial score (nSPS) is 16.5. The van der Waals surface area contributed by atoms with Gasteiger partial charge >= 0.3 is 12.1 Å². The van der Waals surface area contributed by atoms with Gasteiger partial charge in [-0.05, 0) is 18.2 Å². The Bertz CT molecular complexity index is 881. The van der Waals surface area contributed by atoms with Crippen LogP contribution >= 0.6 is 0 Å². The van der Waals surface area contributed by atoms with Crippen LogP contribution in [0.1, 0.15) is 17.4 Å². The molecular weight excluding hydrogens is 347 g/mol. The summed E-state index contributed by atoms with van der Waals surface area (Å²) in [5.41, 5.74) is 0.175. The lowest BCUT2D eigenvalue weighted by Crippen LogP contribution is -2.33. The fourth-order valence-electron chi connectivity index (χ4n) is 2.53. The minimum Gasteiger partial charge on any atom is -0.476 e. The van der Waals surface area contributed by atoms with Crippen molar-refractivity contribution in [3.8, 4) is 5.69 Å². The van der Waals surface area contributed by atoms with Crippen molar-refractivity contribution in [2.75, 3.05) is 18.0 Å². The van der Waals surface area contributed by atoms with Gasteiger partial charge in [0.1, 0.15) is 18.2 Å². The average molecular weight is 362 g/mol. The van der Waals surface area contributed by atoms with Crippen LogP contribution in [0.2, 0.25) is 0 Å². The van der Waals surface area contributed by atoms with E-state index in [1.165, 1.54) is 41.0 Å². The summed E-state index contributed by atoms with van der Waals surface area (Å²) in [5.74, 6) is -2.11. The maximum Gasteiger partial charge on any atom is 0.414 e. The molecule has 9 nitrogen and oxygen atoms in total. The second kappa shape index (κ2) is 6.82. The Labute approximate surface area is 147 Å². The van der Waals surface area contributed by atoms with Crippen LogP contribution in [0.25, 0.3) is 5.69 Å². The molecule has 10 heteroatoms. The van der Waals surface area contributed by atoms with E-state index in [0.717, 1.165) is 6.07 Å². The van der Waals surface area contributed by atoms with E-state index < -0.39 is 24.0 Å². The number of amides is 2. The van der Waals surface area contributed by atoms with Crippen LogP contribution < -0.4 is 10.2 Å². The van der Waals surface area contributed by atoms with Crippen molar-refractivity contribution >= 4 is 23.7 Å². The molecule has 1 atom stereocenters. The summed E-state index contributed by atoms with van der Waals surface area (Å²) >= 11 is 0. The molecule has 1 aromatic carbocycles. The summed E-state index contributed by atoms with van der Waals surface area (Å²) in [6, 6.07) is 4.07. The third-order valence-corrected chi connectivity index (χ3v) is 3.78. The number of carbonyl (C=O) groups excluding carboxylic acids is 2. The Kier molecular flexibility index (Phi) is 4.57. The van der Waals surface area contributed by atoms with E-state index in [1.807, 2.05) is 0 Å². The van der Waals surface area contributed by atoms with E-state index in [0.29, 0.717) is 5.69 Å². The fraction of sp³-hybridized carbons (Fsp3) is 0.250. The molecule has 0 aliphatic carbocycles. The minimum atomic E-state index is -1.22. The quantitative estimate of drug-likeness (QED) is 0.825. The van der Waals surface area contributed by atoms with Gasteiger partial charge in [0.05, 0.1) is 24.5 Å². The number of carboxylic acid groups (broad SMARTS) is 1. The summed E-state index contributed by atoms with van der Waals surface area (Å²) in [4.78, 5) is 38.7. The van der Waals surface area contributed by atoms with Gasteiger partial charge in [-0.15, -0.1) is 0 Å². The van der Waals surface area contributed by atoms with E-state index in [9.17, 15) is 18.8 Å². The molecule has 1 aliphatic rings. The van der Waals surface area contributed by atoms with Crippen LogP contribution in [-0.2, 0) is 9.53 Å². The van der Waals surface area contributed by atoms with Crippen molar-refractivity contribution in [3.63, 3.8) is 0 Å². The van der Waals surface area contributed by atoms with Crippen molar-refractivity contribution in [2.45, 2.75) is 13.0 Å². The van der Waals surface area contributed by atoms with Crippen LogP contribution in [-0.4, -0.2) is 51.8 Å². The monoisotopic (exact) mass is 362 g/mol. The average Bonchev–Trinajstić information content (AvgIpc) is 3.20. The molecule has 3 rings (SSSR count). The molecule has 0 unspecified atom stereocenters. The number of imidazole rings is 1. The number of anilines is 1. The first kappa shape index (κ1) is 17.4. The Morgan fingerprint density at radius 1 is 1.46 bits per heavy atom. The number of aromatic carboxylic acids is 1. The van der Waals surface area contributed by atoms with Crippen molar-refractivity contribution in [3.05, 3.63) is 42.2 Å². The number of carbonyl (C=O) groups is 3. The first-order valence-corrected chi connectivity index (χ1v) is 7.65. The topological polar surface area (TPSA) is 114 Å². The Morgan fingerprint density at radius 2 is 2.23 bits per heavy atom. The third kappa shape index (κ3) is 3.48. The molecule has 2 amide bonds. The van der Waals surface area contributed by atoms with Crippen LogP contribution in [0.3, 0.4) is 0 Å². The maximum absolute atomic E-state index is 14.4. The second-order valence-corrected chi connectivity index (χ2v) is 5.66. The molecule has 136 valence electrons. The van der Waals surface area contributed by atoms with Gasteiger partial charge in [-0.1, -0.05) is 0 Å². The van der Waals surface area contributed by atoms with E-state index in [-0.39, 0.29) is 30.4 Å². The number of hydrogen-bond acceptors (Lipinski definition) is 5. The van der Waals surface area contributed by atoms with Crippen molar-refractivity contribution < 1.29 is 28.6 Å². The van der Waals surface area contributed by atoms with Gasteiger partial charge < -0.3 is 19.7 Å². The highest BCUT2D eigenvalue weighted by Gasteiger charge is 2.32. The highest BCUT2D eigenvalue weighted by Crippen LogP contribution is 2.25. The first-order chi connectivity index (χ1) is 12.3. The summed E-state index contributed by atoms with van der Waals surface area (Å²) in [6.45, 7) is 1.70. The number of ether oxygens (including phenoxy) is 1. The molecule has 1 saturated heterocycles. The zero-order valence-corrected chi connectivity index (χ0v) is 13.7. The number of carboxylic acids is 1. The minimum absolute atomic E-state index is 0.0936. The largest absolute Gasteiger partial charge is 0.476 e. The van der Waals surface area contributed by atoms with Crippen molar-refractivity contribution in [1.82, 2.24) is 14.9 Å². The van der Waals surface area contributed by atoms with E-state index in [4.69, 9.17) is 9.84 Å². The van der Waals surface area contributed by atoms with Gasteiger partial charge in [0, 0.05) is 13.1 Å². The van der Waals surface area contributed by atoms with Gasteiger partial charge in [0.2, 0.25) is 5.91 Å². The second-order valence-electron chi connectivity index (χ2n) is 5.66. The highest BCUT2D eigenvalue weighted by molar-refractivity contribution is 5.90. The van der Waals surface area contributed by atoms with Crippen LogP contribution in [0.15, 0.2) is 30.7 Å². The standard InChI is InChI=1S/C16H15FN4O5/c1-9(22)18-5-11-6-21(16(25)26-11)10-2-3-14(12(17)4-10)20-7-13(15(23)24)19-8-20/h2-4,7-8,11H,5-6H2,1H3,(H,18,22)(H,23,24)/t11-/m0/s1. The summed E-state index contributed by atoms with van der Waals surface area (Å²) in [5, 5.41) is 11.4. The molecule has 0 saturated carbocycles. The number of hydrogen-bond donors (Lipinski definition) is 2. The van der Waals surface area contributed by atoms with Gasteiger partial charge in [-0.2, -0.15) is 0 Å². The zero-order chi connectivity index (χ0) is 18.8. The highest BCUT2D eigenvalue weighted by atomic mass is 19.1. The first-order valence-electron chi connectivity index (χ1n) is 7.65. The number of nitrogens with zero attached hydrogens (tertiary/aromatic N) is 3. The SMILES string of the molecule is CC(=O)NC[C@H]1CN(c2ccc(-n3cnc(C(=O)O)c3)c(F)c2)C(=O)O1. The molecule has 1 aliphatic heterocycles. The summed E-state index contributed by atoms with van der Waals surface area (Å²) in [7, 11) is 0. The lowest BCUT2D eigenvalue weighted by atomic mass is 10.2. The Morgan fingerprint density at radius 3 is 2.85 bits per heavy atom. The van der Waals surface area contributed by atoms with Gasteiger partial charge in [-0.3, -0.25) is 9.69 Å². The number of benzene rings is 1. The Balaban J connectivity index is 1.77. The lowest BCUT2D eigenvalue weighted by Gasteiger charge is -2.14. The van der Waals surface area contributed by atoms with Crippen molar-refractivity contribution in [1.29, 1.82) is 0 Å². The molecule has 0 spiro atoms. The maximum atomic E-state index is 14.4. The summed E-state index contributed by atoms with van der Waals surface area (Å²) < 4.78 is 20.8. The molecule has 2 aromatic rings. The molecule has 2 heterocycles. The molecule has 2 N–H and O–H groups in total. The number of aromatic nitrogens is 2. The number of halogens is 1. The van der Waals surface area contributed by atoms with Gasteiger partial charge in [-0.25, -0.2) is 19.0 Å². The van der Waals surface area contributed by atoms with Crippen molar-refractivity contribution in [2.24, 2.45) is 0 Å². The van der Waals surface area contributed by atoms with E-state index in [2.05, 4.69) is 10.3 Å². The fourth-order valence-corrected chi connectivity index (χ4v) is 2.53. The van der Waals surface area contributed by atoms with E-state index >= 15 is 0 Å². The third-order valence-electron chi connectivity index (χ3n) is 3.78. The van der Waals surface area contributed by atoms with Crippen LogP contribution in [0.5, 0.6) is 0 Å².